The third-order valence-electron chi connectivity index (χ3n) is 3.56. The summed E-state index contributed by atoms with van der Waals surface area (Å²) in [5, 5.41) is 8.37. The van der Waals surface area contributed by atoms with Gasteiger partial charge < -0.3 is 5.32 Å². The molecule has 0 fully saturated rings. The standard InChI is InChI=1S/C15H18Cl2FN3/c1-4-21-13(14(16)9(2)20-21)8-12(19-3)10-6-5-7-11(18)15(10)17/h5-7,12,19H,4,8H2,1-3H3. The van der Waals surface area contributed by atoms with Crippen LogP contribution in [0.3, 0.4) is 0 Å². The van der Waals surface area contributed by atoms with E-state index in [-0.39, 0.29) is 11.1 Å². The van der Waals surface area contributed by atoms with E-state index in [0.717, 1.165) is 23.5 Å². The molecule has 0 aliphatic carbocycles. The summed E-state index contributed by atoms with van der Waals surface area (Å²) >= 11 is 12.4. The lowest BCUT2D eigenvalue weighted by Crippen LogP contribution is -2.21. The molecule has 1 heterocycles. The van der Waals surface area contributed by atoms with E-state index in [9.17, 15) is 4.39 Å². The van der Waals surface area contributed by atoms with Gasteiger partial charge in [-0.3, -0.25) is 4.68 Å². The van der Waals surface area contributed by atoms with Gasteiger partial charge >= 0.3 is 0 Å². The van der Waals surface area contributed by atoms with Crippen LogP contribution in [0.2, 0.25) is 10.0 Å². The molecule has 1 atom stereocenters. The smallest absolute Gasteiger partial charge is 0.142 e. The number of aryl methyl sites for hydroxylation is 2. The van der Waals surface area contributed by atoms with E-state index < -0.39 is 5.82 Å². The first kappa shape index (κ1) is 16.3. The zero-order chi connectivity index (χ0) is 15.6. The fourth-order valence-corrected chi connectivity index (χ4v) is 2.88. The Labute approximate surface area is 134 Å². The highest BCUT2D eigenvalue weighted by Gasteiger charge is 2.21. The molecule has 0 radical (unpaired) electrons. The maximum Gasteiger partial charge on any atom is 0.142 e. The van der Waals surface area contributed by atoms with Crippen molar-refractivity contribution in [3.05, 3.63) is 51.0 Å². The zero-order valence-electron chi connectivity index (χ0n) is 12.3. The highest BCUT2D eigenvalue weighted by Crippen LogP contribution is 2.30. The van der Waals surface area contributed by atoms with Gasteiger partial charge in [0.25, 0.3) is 0 Å². The Morgan fingerprint density at radius 1 is 1.33 bits per heavy atom. The second-order valence-electron chi connectivity index (χ2n) is 4.85. The van der Waals surface area contributed by atoms with E-state index in [1.54, 1.807) is 6.07 Å². The van der Waals surface area contributed by atoms with E-state index in [0.29, 0.717) is 11.4 Å². The first-order valence-corrected chi connectivity index (χ1v) is 7.58. The van der Waals surface area contributed by atoms with Crippen LogP contribution in [0.1, 0.15) is 29.9 Å². The first-order valence-electron chi connectivity index (χ1n) is 6.82. The molecule has 0 saturated heterocycles. The summed E-state index contributed by atoms with van der Waals surface area (Å²) in [6.45, 7) is 4.62. The molecule has 0 saturated carbocycles. The SMILES string of the molecule is CCn1nc(C)c(Cl)c1CC(NC)c1cccc(F)c1Cl. The molecule has 2 aromatic rings. The third-order valence-corrected chi connectivity index (χ3v) is 4.45. The number of hydrogen-bond acceptors (Lipinski definition) is 2. The maximum atomic E-state index is 13.6. The lowest BCUT2D eigenvalue weighted by atomic mass is 10.0. The van der Waals surface area contributed by atoms with Gasteiger partial charge in [-0.2, -0.15) is 5.10 Å². The summed E-state index contributed by atoms with van der Waals surface area (Å²) < 4.78 is 15.5. The molecular formula is C15H18Cl2FN3. The van der Waals surface area contributed by atoms with Crippen molar-refractivity contribution in [3.63, 3.8) is 0 Å². The number of rotatable bonds is 5. The minimum atomic E-state index is -0.416. The third kappa shape index (κ3) is 3.23. The monoisotopic (exact) mass is 329 g/mol. The Morgan fingerprint density at radius 3 is 2.67 bits per heavy atom. The summed E-state index contributed by atoms with van der Waals surface area (Å²) in [7, 11) is 1.82. The fraction of sp³-hybridized carbons (Fsp3) is 0.400. The second kappa shape index (κ2) is 6.77. The number of nitrogens with zero attached hydrogens (tertiary/aromatic N) is 2. The molecule has 0 spiro atoms. The Balaban J connectivity index is 2.38. The van der Waals surface area contributed by atoms with Crippen LogP contribution >= 0.6 is 23.2 Å². The van der Waals surface area contributed by atoms with Gasteiger partial charge in [0, 0.05) is 19.0 Å². The molecule has 0 aliphatic heterocycles. The minimum Gasteiger partial charge on any atom is -0.313 e. The van der Waals surface area contributed by atoms with E-state index in [4.69, 9.17) is 23.2 Å². The van der Waals surface area contributed by atoms with Crippen molar-refractivity contribution >= 4 is 23.2 Å². The van der Waals surface area contributed by atoms with Crippen molar-refractivity contribution in [2.24, 2.45) is 0 Å². The van der Waals surface area contributed by atoms with Gasteiger partial charge in [0.2, 0.25) is 0 Å². The number of hydrogen-bond donors (Lipinski definition) is 1. The first-order chi connectivity index (χ1) is 9.99. The van der Waals surface area contributed by atoms with Crippen molar-refractivity contribution in [1.82, 2.24) is 15.1 Å². The number of halogens is 3. The Hall–Kier alpha value is -1.10. The number of nitrogens with one attached hydrogen (secondary N) is 1. The van der Waals surface area contributed by atoms with Crippen molar-refractivity contribution in [2.75, 3.05) is 7.05 Å². The predicted molar refractivity (Wildman–Crippen MR) is 84.6 cm³/mol. The van der Waals surface area contributed by atoms with Crippen LogP contribution in [0.4, 0.5) is 4.39 Å². The lowest BCUT2D eigenvalue weighted by Gasteiger charge is -2.19. The molecule has 0 amide bonds. The van der Waals surface area contributed by atoms with Crippen LogP contribution in [0.15, 0.2) is 18.2 Å². The second-order valence-corrected chi connectivity index (χ2v) is 5.61. The van der Waals surface area contributed by atoms with Gasteiger partial charge in [0.05, 0.1) is 21.4 Å². The van der Waals surface area contributed by atoms with Crippen LogP contribution < -0.4 is 5.32 Å². The summed E-state index contributed by atoms with van der Waals surface area (Å²) in [5.41, 5.74) is 2.45. The number of benzene rings is 1. The van der Waals surface area contributed by atoms with Gasteiger partial charge in [0.1, 0.15) is 5.82 Å². The molecule has 1 aromatic heterocycles. The molecule has 6 heteroatoms. The van der Waals surface area contributed by atoms with Crippen molar-refractivity contribution in [2.45, 2.75) is 32.9 Å². The molecule has 0 aliphatic rings. The molecule has 1 aromatic carbocycles. The molecule has 114 valence electrons. The Bertz CT molecular complexity index is 640. The quantitative estimate of drug-likeness (QED) is 0.892. The normalized spacial score (nSPS) is 12.7. The number of aromatic nitrogens is 2. The predicted octanol–water partition coefficient (Wildman–Crippen LogP) is 4.16. The molecule has 0 bridgehead atoms. The van der Waals surface area contributed by atoms with Crippen LogP contribution in [0.5, 0.6) is 0 Å². The average molecular weight is 330 g/mol. The largest absolute Gasteiger partial charge is 0.313 e. The van der Waals surface area contributed by atoms with Gasteiger partial charge in [-0.05, 0) is 32.5 Å². The van der Waals surface area contributed by atoms with Crippen molar-refractivity contribution in [3.8, 4) is 0 Å². The van der Waals surface area contributed by atoms with E-state index in [2.05, 4.69) is 10.4 Å². The van der Waals surface area contributed by atoms with E-state index >= 15 is 0 Å². The van der Waals surface area contributed by atoms with Gasteiger partial charge in [0.15, 0.2) is 0 Å². The Kier molecular flexibility index (Phi) is 5.25. The maximum absolute atomic E-state index is 13.6. The molecule has 21 heavy (non-hydrogen) atoms. The number of likely N-dealkylation sites (N-methyl/N-ethyl adjacent to an activating group) is 1. The minimum absolute atomic E-state index is 0.132. The average Bonchev–Trinajstić information content (AvgIpc) is 2.75. The van der Waals surface area contributed by atoms with Crippen LogP contribution in [0.25, 0.3) is 0 Å². The zero-order valence-corrected chi connectivity index (χ0v) is 13.8. The molecule has 1 N–H and O–H groups in total. The van der Waals surface area contributed by atoms with Gasteiger partial charge in [-0.25, -0.2) is 4.39 Å². The fourth-order valence-electron chi connectivity index (χ4n) is 2.41. The molecule has 1 unspecified atom stereocenters. The Morgan fingerprint density at radius 2 is 2.05 bits per heavy atom. The lowest BCUT2D eigenvalue weighted by molar-refractivity contribution is 0.536. The molecule has 3 nitrogen and oxygen atoms in total. The molecular weight excluding hydrogens is 312 g/mol. The summed E-state index contributed by atoms with van der Waals surface area (Å²) in [6, 6.07) is 4.70. The van der Waals surface area contributed by atoms with Crippen LogP contribution in [0, 0.1) is 12.7 Å². The van der Waals surface area contributed by atoms with E-state index in [1.807, 2.05) is 31.6 Å². The highest BCUT2D eigenvalue weighted by atomic mass is 35.5. The topological polar surface area (TPSA) is 29.9 Å². The van der Waals surface area contributed by atoms with E-state index in [1.165, 1.54) is 6.07 Å². The van der Waals surface area contributed by atoms with Crippen molar-refractivity contribution in [1.29, 1.82) is 0 Å². The van der Waals surface area contributed by atoms with Crippen LogP contribution in [-0.2, 0) is 13.0 Å². The summed E-state index contributed by atoms with van der Waals surface area (Å²) in [5.74, 6) is -0.416. The molecule has 2 rings (SSSR count). The summed E-state index contributed by atoms with van der Waals surface area (Å²) in [6.07, 6.45) is 0.590. The van der Waals surface area contributed by atoms with Gasteiger partial charge in [-0.15, -0.1) is 0 Å². The van der Waals surface area contributed by atoms with Gasteiger partial charge in [-0.1, -0.05) is 35.3 Å². The van der Waals surface area contributed by atoms with Crippen LogP contribution in [-0.4, -0.2) is 16.8 Å². The summed E-state index contributed by atoms with van der Waals surface area (Å²) in [4.78, 5) is 0. The highest BCUT2D eigenvalue weighted by molar-refractivity contribution is 6.32. The van der Waals surface area contributed by atoms with Crippen molar-refractivity contribution < 1.29 is 4.39 Å².